The summed E-state index contributed by atoms with van der Waals surface area (Å²) >= 11 is 0. The molecule has 0 aromatic rings. The van der Waals surface area contributed by atoms with E-state index in [-0.39, 0.29) is 0 Å². The van der Waals surface area contributed by atoms with Crippen molar-refractivity contribution in [3.05, 3.63) is 0 Å². The zero-order valence-corrected chi connectivity index (χ0v) is 17.2. The number of ether oxygens (including phenoxy) is 1. The van der Waals surface area contributed by atoms with Gasteiger partial charge in [-0.25, -0.2) is 0 Å². The van der Waals surface area contributed by atoms with Gasteiger partial charge in [-0.2, -0.15) is 0 Å². The van der Waals surface area contributed by atoms with Gasteiger partial charge in [-0.3, -0.25) is 4.99 Å². The van der Waals surface area contributed by atoms with E-state index in [1.54, 1.807) is 0 Å². The fourth-order valence-corrected chi connectivity index (χ4v) is 3.71. The second-order valence-electron chi connectivity index (χ2n) is 7.88. The lowest BCUT2D eigenvalue weighted by Gasteiger charge is -2.04. The van der Waals surface area contributed by atoms with Crippen molar-refractivity contribution in [2.45, 2.75) is 129 Å². The monoisotopic (exact) mass is 351 g/mol. The molecule has 0 atom stereocenters. The van der Waals surface area contributed by atoms with Gasteiger partial charge in [-0.05, 0) is 6.42 Å². The minimum Gasteiger partial charge on any atom is -0.479 e. The molecule has 0 N–H and O–H groups in total. The van der Waals surface area contributed by atoms with Crippen LogP contribution in [0.1, 0.15) is 129 Å². The SMILES string of the molecule is CCCCCCCCCCCCCCCCCCCCC1=NCCO1. The second kappa shape index (κ2) is 18.3. The second-order valence-corrected chi connectivity index (χ2v) is 7.88. The van der Waals surface area contributed by atoms with Gasteiger partial charge in [0.2, 0.25) is 0 Å². The van der Waals surface area contributed by atoms with E-state index in [0.29, 0.717) is 0 Å². The van der Waals surface area contributed by atoms with Crippen molar-refractivity contribution >= 4 is 5.90 Å². The van der Waals surface area contributed by atoms with Gasteiger partial charge >= 0.3 is 0 Å². The Morgan fingerprint density at radius 3 is 1.36 bits per heavy atom. The number of aliphatic imine (C=N–C) groups is 1. The van der Waals surface area contributed by atoms with Crippen molar-refractivity contribution in [3.8, 4) is 0 Å². The van der Waals surface area contributed by atoms with Gasteiger partial charge in [0.25, 0.3) is 0 Å². The van der Waals surface area contributed by atoms with E-state index in [9.17, 15) is 0 Å². The van der Waals surface area contributed by atoms with Gasteiger partial charge in [-0.15, -0.1) is 0 Å². The van der Waals surface area contributed by atoms with Crippen LogP contribution in [0.25, 0.3) is 0 Å². The molecule has 0 amide bonds. The Balaban J connectivity index is 1.64. The minimum absolute atomic E-state index is 0.814. The third-order valence-electron chi connectivity index (χ3n) is 5.39. The fraction of sp³-hybridized carbons (Fsp3) is 0.957. The molecule has 0 unspecified atom stereocenters. The summed E-state index contributed by atoms with van der Waals surface area (Å²) in [7, 11) is 0. The third kappa shape index (κ3) is 15.4. The first kappa shape index (κ1) is 22.5. The summed E-state index contributed by atoms with van der Waals surface area (Å²) in [5.41, 5.74) is 0. The topological polar surface area (TPSA) is 21.6 Å². The van der Waals surface area contributed by atoms with Crippen LogP contribution in [0.2, 0.25) is 0 Å². The van der Waals surface area contributed by atoms with Crippen LogP contribution in [0.15, 0.2) is 4.99 Å². The molecule has 1 rings (SSSR count). The summed E-state index contributed by atoms with van der Waals surface area (Å²) in [6.45, 7) is 3.99. The van der Waals surface area contributed by atoms with E-state index >= 15 is 0 Å². The summed E-state index contributed by atoms with van der Waals surface area (Å²) in [6.07, 6.45) is 26.9. The number of hydrogen-bond donors (Lipinski definition) is 0. The van der Waals surface area contributed by atoms with E-state index in [1.165, 1.54) is 116 Å². The zero-order valence-electron chi connectivity index (χ0n) is 17.2. The molecule has 0 bridgehead atoms. The Morgan fingerprint density at radius 1 is 0.600 bits per heavy atom. The summed E-state index contributed by atoms with van der Waals surface area (Å²) in [4.78, 5) is 4.34. The van der Waals surface area contributed by atoms with E-state index in [2.05, 4.69) is 11.9 Å². The Labute approximate surface area is 158 Å². The van der Waals surface area contributed by atoms with E-state index in [4.69, 9.17) is 4.74 Å². The highest BCUT2D eigenvalue weighted by molar-refractivity contribution is 5.77. The number of hydrogen-bond acceptors (Lipinski definition) is 2. The normalized spacial score (nSPS) is 13.9. The van der Waals surface area contributed by atoms with Crippen molar-refractivity contribution in [2.75, 3.05) is 13.2 Å². The molecule has 2 nitrogen and oxygen atoms in total. The molecule has 1 aliphatic rings. The average molecular weight is 352 g/mol. The van der Waals surface area contributed by atoms with E-state index in [0.717, 1.165) is 25.5 Å². The number of unbranched alkanes of at least 4 members (excludes halogenated alkanes) is 17. The van der Waals surface area contributed by atoms with Crippen LogP contribution in [-0.4, -0.2) is 19.0 Å². The predicted molar refractivity (Wildman–Crippen MR) is 112 cm³/mol. The van der Waals surface area contributed by atoms with Crippen LogP contribution in [0.5, 0.6) is 0 Å². The van der Waals surface area contributed by atoms with Gasteiger partial charge in [0, 0.05) is 6.42 Å². The highest BCUT2D eigenvalue weighted by atomic mass is 16.5. The van der Waals surface area contributed by atoms with Gasteiger partial charge < -0.3 is 4.74 Å². The Kier molecular flexibility index (Phi) is 16.4. The molecule has 0 fully saturated rings. The summed E-state index contributed by atoms with van der Waals surface area (Å²) in [5.74, 6) is 1.01. The summed E-state index contributed by atoms with van der Waals surface area (Å²) < 4.78 is 5.44. The van der Waals surface area contributed by atoms with Crippen LogP contribution < -0.4 is 0 Å². The maximum absolute atomic E-state index is 5.44. The predicted octanol–water partition coefficient (Wildman–Crippen LogP) is 7.85. The van der Waals surface area contributed by atoms with Crippen LogP contribution in [0.3, 0.4) is 0 Å². The molecule has 1 aliphatic heterocycles. The third-order valence-corrected chi connectivity index (χ3v) is 5.39. The van der Waals surface area contributed by atoms with Gasteiger partial charge in [-0.1, -0.05) is 116 Å². The molecule has 25 heavy (non-hydrogen) atoms. The Hall–Kier alpha value is -0.530. The van der Waals surface area contributed by atoms with Crippen molar-refractivity contribution in [1.82, 2.24) is 0 Å². The van der Waals surface area contributed by atoms with Crippen molar-refractivity contribution in [3.63, 3.8) is 0 Å². The molecule has 0 aromatic carbocycles. The quantitative estimate of drug-likeness (QED) is 0.217. The molecule has 0 spiro atoms. The molecular weight excluding hydrogens is 306 g/mol. The average Bonchev–Trinajstić information content (AvgIpc) is 3.14. The highest BCUT2D eigenvalue weighted by Crippen LogP contribution is 2.15. The van der Waals surface area contributed by atoms with Gasteiger partial charge in [0.15, 0.2) is 5.90 Å². The molecule has 148 valence electrons. The van der Waals surface area contributed by atoms with Crippen LogP contribution in [-0.2, 0) is 4.74 Å². The van der Waals surface area contributed by atoms with Gasteiger partial charge in [0.05, 0.1) is 6.54 Å². The summed E-state index contributed by atoms with van der Waals surface area (Å²) in [5, 5.41) is 0. The van der Waals surface area contributed by atoms with E-state index < -0.39 is 0 Å². The minimum atomic E-state index is 0.814. The first-order chi connectivity index (χ1) is 12.4. The van der Waals surface area contributed by atoms with Crippen molar-refractivity contribution in [1.29, 1.82) is 0 Å². The molecule has 0 radical (unpaired) electrons. The van der Waals surface area contributed by atoms with Crippen molar-refractivity contribution < 1.29 is 4.74 Å². The molecule has 0 aliphatic carbocycles. The molecule has 0 aromatic heterocycles. The number of rotatable bonds is 19. The lowest BCUT2D eigenvalue weighted by atomic mass is 10.0. The molecule has 1 heterocycles. The summed E-state index contributed by atoms with van der Waals surface area (Å²) in [6, 6.07) is 0. The standard InChI is InChI=1S/C23H45NO/c1-2-3-4-5-6-7-8-9-10-11-12-13-14-15-16-17-18-19-20-23-24-21-22-25-23/h2-22H2,1H3. The molecular formula is C23H45NO. The maximum atomic E-state index is 5.44. The Bertz CT molecular complexity index is 300. The lowest BCUT2D eigenvalue weighted by Crippen LogP contribution is -1.98. The molecule has 0 saturated carbocycles. The molecule has 2 heteroatoms. The van der Waals surface area contributed by atoms with Crippen LogP contribution in [0, 0.1) is 0 Å². The van der Waals surface area contributed by atoms with E-state index in [1.807, 2.05) is 0 Å². The molecule has 0 saturated heterocycles. The van der Waals surface area contributed by atoms with Gasteiger partial charge in [0.1, 0.15) is 6.61 Å². The van der Waals surface area contributed by atoms with Crippen LogP contribution >= 0.6 is 0 Å². The number of nitrogens with zero attached hydrogens (tertiary/aromatic N) is 1. The van der Waals surface area contributed by atoms with Crippen molar-refractivity contribution in [2.24, 2.45) is 4.99 Å². The Morgan fingerprint density at radius 2 is 1.00 bits per heavy atom. The lowest BCUT2D eigenvalue weighted by molar-refractivity contribution is 0.336. The highest BCUT2D eigenvalue weighted by Gasteiger charge is 2.05. The first-order valence-electron chi connectivity index (χ1n) is 11.6. The van der Waals surface area contributed by atoms with Crippen LogP contribution in [0.4, 0.5) is 0 Å². The smallest absolute Gasteiger partial charge is 0.183 e. The fourth-order valence-electron chi connectivity index (χ4n) is 3.71. The zero-order chi connectivity index (χ0) is 17.8. The largest absolute Gasteiger partial charge is 0.479 e. The first-order valence-corrected chi connectivity index (χ1v) is 11.6. The maximum Gasteiger partial charge on any atom is 0.183 e.